The van der Waals surface area contributed by atoms with Crippen molar-refractivity contribution in [1.82, 2.24) is 23.4 Å². The molecule has 2 amide bonds. The smallest absolute Gasteiger partial charge is 0.295 e. The number of thiazole rings is 1. The molecule has 0 unspecified atom stereocenters. The Morgan fingerprint density at radius 1 is 1.15 bits per heavy atom. The highest BCUT2D eigenvalue weighted by molar-refractivity contribution is 14.1. The SMILES string of the molecule is COc1cnc(-c2ncc(C(=O)NI)s2)c2[nH]cc(C(=O)C(=O)N3CCC(=C(C#N)c4ccccc4)CC3)c12. The minimum Gasteiger partial charge on any atom is -0.494 e. The molecule has 0 bridgehead atoms. The molecule has 0 spiro atoms. The summed E-state index contributed by atoms with van der Waals surface area (Å²) >= 11 is 2.92. The summed E-state index contributed by atoms with van der Waals surface area (Å²) in [5, 5.41) is 10.6. The lowest BCUT2D eigenvalue weighted by Crippen LogP contribution is -2.40. The van der Waals surface area contributed by atoms with Gasteiger partial charge in [-0.15, -0.1) is 11.3 Å². The molecule has 10 nitrogen and oxygen atoms in total. The average Bonchev–Trinajstić information content (AvgIpc) is 3.65. The van der Waals surface area contributed by atoms with Gasteiger partial charge in [-0.25, -0.2) is 9.97 Å². The number of Topliss-reactive ketones (excluding diaryl/α,β-unsaturated/α-hetero) is 1. The fourth-order valence-corrected chi connectivity index (χ4v) is 5.88. The standard InChI is InChI=1S/C27H21IN6O4S/c1-38-19-13-31-23(26-32-14-20(39-26)25(36)33-28)22-21(19)18(12-30-22)24(35)27(37)34-9-7-16(8-10-34)17(11-29)15-5-3-2-4-6-15/h2-6,12-14,30H,7-10H2,1H3,(H,33,36). The zero-order chi connectivity index (χ0) is 27.5. The number of allylic oxidation sites excluding steroid dienone is 1. The van der Waals surface area contributed by atoms with Crippen LogP contribution in [0.25, 0.3) is 27.2 Å². The molecule has 5 rings (SSSR count). The molecule has 4 aromatic rings. The molecular formula is C27H21IN6O4S. The lowest BCUT2D eigenvalue weighted by atomic mass is 9.93. The van der Waals surface area contributed by atoms with Crippen LogP contribution in [0.15, 0.2) is 54.5 Å². The molecule has 1 saturated heterocycles. The number of H-pyrrole nitrogens is 1. The monoisotopic (exact) mass is 652 g/mol. The number of nitriles is 1. The fraction of sp³-hybridized carbons (Fsp3) is 0.185. The van der Waals surface area contributed by atoms with Crippen LogP contribution in [0.3, 0.4) is 0 Å². The van der Waals surface area contributed by atoms with Crippen molar-refractivity contribution in [3.05, 3.63) is 70.5 Å². The van der Waals surface area contributed by atoms with E-state index in [1.54, 1.807) is 22.9 Å². The molecule has 0 atom stereocenters. The van der Waals surface area contributed by atoms with Gasteiger partial charge in [0.05, 0.1) is 70.5 Å². The molecule has 0 aliphatic carbocycles. The number of aromatic amines is 1. The molecule has 39 heavy (non-hydrogen) atoms. The predicted octanol–water partition coefficient (Wildman–Crippen LogP) is 4.56. The number of aromatic nitrogens is 3. The third kappa shape index (κ3) is 5.02. The van der Waals surface area contributed by atoms with Gasteiger partial charge in [-0.1, -0.05) is 30.3 Å². The first-order valence-corrected chi connectivity index (χ1v) is 13.8. The third-order valence-electron chi connectivity index (χ3n) is 6.53. The van der Waals surface area contributed by atoms with E-state index in [0.29, 0.717) is 63.7 Å². The van der Waals surface area contributed by atoms with Crippen molar-refractivity contribution in [2.24, 2.45) is 0 Å². The minimum atomic E-state index is -0.670. The van der Waals surface area contributed by atoms with Gasteiger partial charge in [-0.3, -0.25) is 17.9 Å². The molecule has 0 saturated carbocycles. The van der Waals surface area contributed by atoms with Crippen molar-refractivity contribution in [1.29, 1.82) is 5.26 Å². The molecule has 4 heterocycles. The molecular weight excluding hydrogens is 631 g/mol. The van der Waals surface area contributed by atoms with E-state index in [1.165, 1.54) is 30.6 Å². The van der Waals surface area contributed by atoms with Crippen LogP contribution in [0.1, 0.15) is 38.4 Å². The topological polar surface area (TPSA) is 141 Å². The Labute approximate surface area is 241 Å². The molecule has 12 heteroatoms. The van der Waals surface area contributed by atoms with Crippen LogP contribution in [0.5, 0.6) is 5.75 Å². The lowest BCUT2D eigenvalue weighted by molar-refractivity contribution is -0.126. The molecule has 1 aromatic carbocycles. The molecule has 3 aromatic heterocycles. The summed E-state index contributed by atoms with van der Waals surface area (Å²) in [7, 11) is 1.46. The van der Waals surface area contributed by atoms with E-state index in [0.717, 1.165) is 22.5 Å². The van der Waals surface area contributed by atoms with E-state index in [4.69, 9.17) is 4.74 Å². The number of pyridine rings is 1. The van der Waals surface area contributed by atoms with E-state index in [-0.39, 0.29) is 11.5 Å². The number of hydrogen-bond donors (Lipinski definition) is 2. The van der Waals surface area contributed by atoms with Crippen molar-refractivity contribution in [3.63, 3.8) is 0 Å². The summed E-state index contributed by atoms with van der Waals surface area (Å²) in [5.74, 6) is -1.23. The Kier molecular flexibility index (Phi) is 7.71. The average molecular weight is 652 g/mol. The van der Waals surface area contributed by atoms with Gasteiger partial charge < -0.3 is 14.6 Å². The van der Waals surface area contributed by atoms with Gasteiger partial charge in [0, 0.05) is 19.3 Å². The number of likely N-dealkylation sites (tertiary alicyclic amines) is 1. The van der Waals surface area contributed by atoms with Gasteiger partial charge in [0.1, 0.15) is 21.3 Å². The Balaban J connectivity index is 1.41. The second kappa shape index (κ2) is 11.3. The molecule has 2 N–H and O–H groups in total. The number of ketones is 1. The van der Waals surface area contributed by atoms with Gasteiger partial charge in [0.15, 0.2) is 0 Å². The van der Waals surface area contributed by atoms with Crippen LogP contribution in [0, 0.1) is 11.3 Å². The summed E-state index contributed by atoms with van der Waals surface area (Å²) < 4.78 is 8.00. The summed E-state index contributed by atoms with van der Waals surface area (Å²) in [6, 6.07) is 11.8. The molecule has 0 radical (unpaired) electrons. The minimum absolute atomic E-state index is 0.167. The number of benzene rings is 1. The second-order valence-electron chi connectivity index (χ2n) is 8.66. The number of amides is 2. The highest BCUT2D eigenvalue weighted by Gasteiger charge is 2.30. The number of nitrogens with one attached hydrogen (secondary N) is 2. The van der Waals surface area contributed by atoms with Crippen LogP contribution in [-0.2, 0) is 4.79 Å². The first kappa shape index (κ1) is 26.5. The summed E-state index contributed by atoms with van der Waals surface area (Å²) in [4.78, 5) is 52.5. The number of hydrogen-bond acceptors (Lipinski definition) is 8. The summed E-state index contributed by atoms with van der Waals surface area (Å²) in [6.07, 6.45) is 5.43. The van der Waals surface area contributed by atoms with E-state index in [9.17, 15) is 19.6 Å². The van der Waals surface area contributed by atoms with Crippen LogP contribution < -0.4 is 8.27 Å². The second-order valence-corrected chi connectivity index (χ2v) is 10.2. The molecule has 1 aliphatic heterocycles. The van der Waals surface area contributed by atoms with Crippen molar-refractivity contribution in [3.8, 4) is 22.5 Å². The lowest BCUT2D eigenvalue weighted by Gasteiger charge is -2.28. The van der Waals surface area contributed by atoms with E-state index in [1.807, 2.05) is 30.3 Å². The summed E-state index contributed by atoms with van der Waals surface area (Å²) in [6.45, 7) is 0.677. The highest BCUT2D eigenvalue weighted by Crippen LogP contribution is 2.36. The third-order valence-corrected chi connectivity index (χ3v) is 8.03. The maximum atomic E-state index is 13.4. The van der Waals surface area contributed by atoms with Crippen LogP contribution in [0.2, 0.25) is 0 Å². The Bertz CT molecular complexity index is 1660. The zero-order valence-corrected chi connectivity index (χ0v) is 23.6. The fourth-order valence-electron chi connectivity index (χ4n) is 4.59. The molecule has 1 aliphatic rings. The van der Waals surface area contributed by atoms with Gasteiger partial charge in [0.2, 0.25) is 0 Å². The predicted molar refractivity (Wildman–Crippen MR) is 154 cm³/mol. The Hall–Kier alpha value is -4.09. The number of halogens is 1. The number of carbonyl (C=O) groups excluding carboxylic acids is 3. The van der Waals surface area contributed by atoms with E-state index >= 15 is 0 Å². The van der Waals surface area contributed by atoms with Crippen molar-refractivity contribution < 1.29 is 19.1 Å². The first-order valence-electron chi connectivity index (χ1n) is 11.9. The zero-order valence-electron chi connectivity index (χ0n) is 20.7. The van der Waals surface area contributed by atoms with Crippen molar-refractivity contribution in [2.45, 2.75) is 12.8 Å². The number of rotatable bonds is 6. The maximum absolute atomic E-state index is 13.4. The van der Waals surface area contributed by atoms with Crippen molar-refractivity contribution >= 4 is 68.3 Å². The maximum Gasteiger partial charge on any atom is 0.295 e. The van der Waals surface area contributed by atoms with Gasteiger partial charge >= 0.3 is 0 Å². The number of ether oxygens (including phenoxy) is 1. The quantitative estimate of drug-likeness (QED) is 0.102. The summed E-state index contributed by atoms with van der Waals surface area (Å²) in [5.41, 5.74) is 3.53. The van der Waals surface area contributed by atoms with Crippen LogP contribution in [0.4, 0.5) is 0 Å². The number of nitrogens with zero attached hydrogens (tertiary/aromatic N) is 4. The number of carbonyl (C=O) groups is 3. The van der Waals surface area contributed by atoms with Crippen molar-refractivity contribution in [2.75, 3.05) is 20.2 Å². The van der Waals surface area contributed by atoms with Crippen LogP contribution in [-0.4, -0.2) is 57.6 Å². The number of piperidine rings is 1. The highest BCUT2D eigenvalue weighted by atomic mass is 127. The number of fused-ring (bicyclic) bond motifs is 1. The molecule has 1 fully saturated rings. The Morgan fingerprint density at radius 2 is 1.90 bits per heavy atom. The van der Waals surface area contributed by atoms with Crippen LogP contribution >= 0.6 is 34.2 Å². The molecule has 196 valence electrons. The van der Waals surface area contributed by atoms with E-state index in [2.05, 4.69) is 24.6 Å². The van der Waals surface area contributed by atoms with Gasteiger partial charge in [-0.2, -0.15) is 5.26 Å². The van der Waals surface area contributed by atoms with E-state index < -0.39 is 11.7 Å². The number of methoxy groups -OCH3 is 1. The van der Waals surface area contributed by atoms with Gasteiger partial charge in [-0.05, 0) is 24.0 Å². The first-order chi connectivity index (χ1) is 19.0. The Morgan fingerprint density at radius 3 is 2.56 bits per heavy atom. The largest absolute Gasteiger partial charge is 0.494 e. The normalized spacial score (nSPS) is 13.2. The van der Waals surface area contributed by atoms with Gasteiger partial charge in [0.25, 0.3) is 17.6 Å².